The lowest BCUT2D eigenvalue weighted by Gasteiger charge is -2.12. The minimum absolute atomic E-state index is 0.0534. The van der Waals surface area contributed by atoms with Gasteiger partial charge in [-0.1, -0.05) is 6.07 Å². The number of hydrogen-bond donors (Lipinski definition) is 1. The molecule has 0 amide bonds. The Labute approximate surface area is 102 Å². The summed E-state index contributed by atoms with van der Waals surface area (Å²) in [4.78, 5) is 0. The van der Waals surface area contributed by atoms with Gasteiger partial charge in [-0.2, -0.15) is 13.2 Å². The van der Waals surface area contributed by atoms with Crippen LogP contribution in [0.2, 0.25) is 0 Å². The molecule has 0 aromatic heterocycles. The first-order chi connectivity index (χ1) is 8.36. The number of nitrogens with two attached hydrogens (primary N) is 1. The Morgan fingerprint density at radius 3 is 2.56 bits per heavy atom. The van der Waals surface area contributed by atoms with Crippen LogP contribution in [0.1, 0.15) is 24.5 Å². The highest BCUT2D eigenvalue weighted by Crippen LogP contribution is 2.33. The number of halogens is 4. The first kappa shape index (κ1) is 14.5. The first-order valence-electron chi connectivity index (χ1n) is 5.45. The fraction of sp³-hybridized carbons (Fsp3) is 0.417. The van der Waals surface area contributed by atoms with Crippen LogP contribution < -0.4 is 5.41 Å². The molecule has 0 aliphatic heterocycles. The van der Waals surface area contributed by atoms with Gasteiger partial charge in [0.25, 0.3) is 0 Å². The smallest absolute Gasteiger partial charge is 0.416 e. The standard InChI is InChI=1S/C12H13F4NO/c1-2-18-11(17)7-6-8-9(12(14,15)16)4-3-5-10(8)13/h3-5,17H,2,6-7H2,1H3/p+1. The maximum Gasteiger partial charge on any atom is 0.416 e. The molecule has 0 aliphatic rings. The van der Waals surface area contributed by atoms with Crippen molar-refractivity contribution in [1.82, 2.24) is 0 Å². The van der Waals surface area contributed by atoms with Crippen LogP contribution in [0, 0.1) is 5.82 Å². The van der Waals surface area contributed by atoms with E-state index in [9.17, 15) is 17.6 Å². The van der Waals surface area contributed by atoms with Crippen LogP contribution in [-0.4, -0.2) is 12.5 Å². The summed E-state index contributed by atoms with van der Waals surface area (Å²) in [5, 5.41) is 5.43. The highest BCUT2D eigenvalue weighted by molar-refractivity contribution is 5.69. The molecule has 0 bridgehead atoms. The van der Waals surface area contributed by atoms with Crippen LogP contribution in [0.5, 0.6) is 0 Å². The summed E-state index contributed by atoms with van der Waals surface area (Å²) in [6.45, 7) is 2.03. The van der Waals surface area contributed by atoms with Gasteiger partial charge in [-0.25, -0.2) is 9.80 Å². The molecule has 0 unspecified atom stereocenters. The van der Waals surface area contributed by atoms with Crippen LogP contribution in [0.3, 0.4) is 0 Å². The number of ether oxygens (including phenoxy) is 1. The highest BCUT2D eigenvalue weighted by atomic mass is 19.4. The van der Waals surface area contributed by atoms with Crippen LogP contribution >= 0.6 is 0 Å². The third kappa shape index (κ3) is 3.72. The molecule has 1 rings (SSSR count). The molecule has 0 atom stereocenters. The third-order valence-electron chi connectivity index (χ3n) is 2.38. The molecule has 0 saturated carbocycles. The lowest BCUT2D eigenvalue weighted by atomic mass is 10.0. The molecule has 1 aromatic rings. The van der Waals surface area contributed by atoms with Gasteiger partial charge in [-0.05, 0) is 25.5 Å². The monoisotopic (exact) mass is 264 g/mol. The minimum Gasteiger partial charge on any atom is -0.448 e. The van der Waals surface area contributed by atoms with E-state index in [0.717, 1.165) is 18.2 Å². The van der Waals surface area contributed by atoms with Gasteiger partial charge in [-0.15, -0.1) is 0 Å². The van der Waals surface area contributed by atoms with Gasteiger partial charge in [0, 0.05) is 5.56 Å². The van der Waals surface area contributed by atoms with Gasteiger partial charge in [0.15, 0.2) is 0 Å². The third-order valence-corrected chi connectivity index (χ3v) is 2.38. The quantitative estimate of drug-likeness (QED) is 0.503. The average Bonchev–Trinajstić information content (AvgIpc) is 2.26. The topological polar surface area (TPSA) is 34.8 Å². The second-order valence-corrected chi connectivity index (χ2v) is 3.66. The summed E-state index contributed by atoms with van der Waals surface area (Å²) in [5.74, 6) is -0.775. The van der Waals surface area contributed by atoms with Gasteiger partial charge in [0.1, 0.15) is 5.82 Å². The molecule has 100 valence electrons. The van der Waals surface area contributed by atoms with E-state index in [1.165, 1.54) is 0 Å². The lowest BCUT2D eigenvalue weighted by molar-refractivity contribution is -0.144. The van der Waals surface area contributed by atoms with Gasteiger partial charge < -0.3 is 4.74 Å². The maximum absolute atomic E-state index is 13.4. The molecule has 2 N–H and O–H groups in total. The Bertz CT molecular complexity index is 429. The molecule has 0 aliphatic carbocycles. The van der Waals surface area contributed by atoms with E-state index in [2.05, 4.69) is 0 Å². The van der Waals surface area contributed by atoms with E-state index in [4.69, 9.17) is 10.1 Å². The largest absolute Gasteiger partial charge is 0.448 e. The van der Waals surface area contributed by atoms with E-state index in [0.29, 0.717) is 6.61 Å². The summed E-state index contributed by atoms with van der Waals surface area (Å²) in [5.41, 5.74) is -1.35. The van der Waals surface area contributed by atoms with E-state index in [1.807, 2.05) is 0 Å². The predicted molar refractivity (Wildman–Crippen MR) is 58.3 cm³/mol. The maximum atomic E-state index is 13.4. The van der Waals surface area contributed by atoms with Gasteiger partial charge in [0.2, 0.25) is 0 Å². The van der Waals surface area contributed by atoms with Crippen molar-refractivity contribution < 1.29 is 27.7 Å². The lowest BCUT2D eigenvalue weighted by Crippen LogP contribution is -2.41. The van der Waals surface area contributed by atoms with Gasteiger partial charge in [0.05, 0.1) is 18.6 Å². The molecule has 0 heterocycles. The second-order valence-electron chi connectivity index (χ2n) is 3.66. The zero-order valence-electron chi connectivity index (χ0n) is 9.85. The summed E-state index contributed by atoms with van der Waals surface area (Å²) in [6, 6.07) is 2.90. The summed E-state index contributed by atoms with van der Waals surface area (Å²) < 4.78 is 56.3. The van der Waals surface area contributed by atoms with Crippen molar-refractivity contribution in [2.24, 2.45) is 0 Å². The molecule has 18 heavy (non-hydrogen) atoms. The molecule has 0 fully saturated rings. The van der Waals surface area contributed by atoms with Gasteiger partial charge in [-0.3, -0.25) is 0 Å². The normalized spacial score (nSPS) is 11.4. The minimum atomic E-state index is -4.57. The molecule has 6 heteroatoms. The Morgan fingerprint density at radius 1 is 1.33 bits per heavy atom. The molecule has 0 radical (unpaired) electrons. The van der Waals surface area contributed by atoms with E-state index < -0.39 is 17.6 Å². The second kappa shape index (κ2) is 5.84. The number of benzene rings is 1. The Morgan fingerprint density at radius 2 is 2.00 bits per heavy atom. The molecule has 2 nitrogen and oxygen atoms in total. The van der Waals surface area contributed by atoms with E-state index in [1.54, 1.807) is 6.92 Å². The van der Waals surface area contributed by atoms with Crippen molar-refractivity contribution >= 4 is 5.90 Å². The Kier molecular flexibility index (Phi) is 4.69. The van der Waals surface area contributed by atoms with Crippen LogP contribution in [-0.2, 0) is 17.3 Å². The predicted octanol–water partition coefficient (Wildman–Crippen LogP) is 1.97. The van der Waals surface area contributed by atoms with Crippen LogP contribution in [0.25, 0.3) is 0 Å². The number of rotatable bonds is 4. The average molecular weight is 264 g/mol. The van der Waals surface area contributed by atoms with Crippen molar-refractivity contribution in [3.8, 4) is 0 Å². The van der Waals surface area contributed by atoms with E-state index in [-0.39, 0.29) is 24.3 Å². The van der Waals surface area contributed by atoms with Crippen molar-refractivity contribution in [3.05, 3.63) is 35.1 Å². The number of hydrogen-bond acceptors (Lipinski definition) is 1. The molecule has 1 aromatic carbocycles. The zero-order chi connectivity index (χ0) is 13.8. The Balaban J connectivity index is 2.90. The SMILES string of the molecule is CCOC(=[NH2+])CCc1c(F)cccc1C(F)(F)F. The molecule has 0 saturated heterocycles. The van der Waals surface area contributed by atoms with E-state index >= 15 is 0 Å². The zero-order valence-corrected chi connectivity index (χ0v) is 9.85. The molecular formula is C12H14F4NO+. The highest BCUT2D eigenvalue weighted by Gasteiger charge is 2.34. The molecular weight excluding hydrogens is 250 g/mol. The van der Waals surface area contributed by atoms with Crippen molar-refractivity contribution in [2.45, 2.75) is 25.9 Å². The number of alkyl halides is 3. The molecule has 0 spiro atoms. The van der Waals surface area contributed by atoms with Crippen molar-refractivity contribution in [3.63, 3.8) is 0 Å². The summed E-state index contributed by atoms with van der Waals surface area (Å²) in [6.07, 6.45) is -4.66. The van der Waals surface area contributed by atoms with Gasteiger partial charge >= 0.3 is 12.1 Å². The summed E-state index contributed by atoms with van der Waals surface area (Å²) in [7, 11) is 0. The van der Waals surface area contributed by atoms with Crippen LogP contribution in [0.4, 0.5) is 17.6 Å². The first-order valence-corrected chi connectivity index (χ1v) is 5.45. The van der Waals surface area contributed by atoms with Crippen molar-refractivity contribution in [2.75, 3.05) is 6.61 Å². The van der Waals surface area contributed by atoms with Crippen LogP contribution in [0.15, 0.2) is 18.2 Å². The van der Waals surface area contributed by atoms with Crippen molar-refractivity contribution in [1.29, 1.82) is 0 Å². The fourth-order valence-electron chi connectivity index (χ4n) is 1.58. The fourth-order valence-corrected chi connectivity index (χ4v) is 1.58. The Hall–Kier alpha value is -1.59. The summed E-state index contributed by atoms with van der Waals surface area (Å²) >= 11 is 0.